The summed E-state index contributed by atoms with van der Waals surface area (Å²) >= 11 is 0.528. The summed E-state index contributed by atoms with van der Waals surface area (Å²) in [6.07, 6.45) is 0.965. The highest BCUT2D eigenvalue weighted by atomic mass is 32.2. The average molecular weight is 318 g/mol. The molecule has 0 atom stereocenters. The Morgan fingerprint density at radius 2 is 2.05 bits per heavy atom. The summed E-state index contributed by atoms with van der Waals surface area (Å²) in [7, 11) is 0. The highest BCUT2D eigenvalue weighted by molar-refractivity contribution is 8.03. The lowest BCUT2D eigenvalue weighted by Crippen LogP contribution is -2.01. The van der Waals surface area contributed by atoms with E-state index in [-0.39, 0.29) is 16.7 Å². The number of hydrogen-bond acceptors (Lipinski definition) is 9. The minimum Gasteiger partial charge on any atom is -0.324 e. The van der Waals surface area contributed by atoms with Gasteiger partial charge in [0.25, 0.3) is 5.69 Å². The average Bonchev–Trinajstić information content (AvgIpc) is 2.48. The normalized spacial score (nSPS) is 9.77. The van der Waals surface area contributed by atoms with Crippen molar-refractivity contribution >= 4 is 34.8 Å². The van der Waals surface area contributed by atoms with E-state index in [9.17, 15) is 20.2 Å². The fourth-order valence-electron chi connectivity index (χ4n) is 1.49. The molecule has 1 N–H and O–H groups in total. The Bertz CT molecular complexity index is 790. The molecule has 0 aliphatic heterocycles. The van der Waals surface area contributed by atoms with Crippen LogP contribution in [0.4, 0.5) is 23.0 Å². The first kappa shape index (κ1) is 15.1. The van der Waals surface area contributed by atoms with E-state index in [4.69, 9.17) is 5.26 Å². The quantitative estimate of drug-likeness (QED) is 0.288. The van der Waals surface area contributed by atoms with Gasteiger partial charge in [-0.1, -0.05) is 6.07 Å². The second-order valence-corrected chi connectivity index (χ2v) is 4.54. The zero-order valence-electron chi connectivity index (χ0n) is 10.7. The standard InChI is InChI=1S/C11H6N6O4S/c12-6-22-10-9(17(20)21)5-13-11(15-10)14-7-2-1-3-8(4-7)16(18)19/h1-5H,(H,13,14,15). The van der Waals surface area contributed by atoms with Crippen LogP contribution < -0.4 is 5.32 Å². The van der Waals surface area contributed by atoms with E-state index in [1.165, 1.54) is 18.2 Å². The van der Waals surface area contributed by atoms with Gasteiger partial charge in [0, 0.05) is 29.6 Å². The third-order valence-corrected chi connectivity index (χ3v) is 2.97. The van der Waals surface area contributed by atoms with Crippen LogP contribution in [-0.2, 0) is 0 Å². The van der Waals surface area contributed by atoms with E-state index < -0.39 is 15.5 Å². The highest BCUT2D eigenvalue weighted by Crippen LogP contribution is 2.27. The number of nitro groups is 2. The largest absolute Gasteiger partial charge is 0.324 e. The monoisotopic (exact) mass is 318 g/mol. The molecule has 2 rings (SSSR count). The van der Waals surface area contributed by atoms with E-state index in [0.717, 1.165) is 6.20 Å². The van der Waals surface area contributed by atoms with Gasteiger partial charge in [-0.05, 0) is 6.07 Å². The molecular weight excluding hydrogens is 312 g/mol. The number of nitro benzene ring substituents is 1. The third kappa shape index (κ3) is 3.44. The van der Waals surface area contributed by atoms with Crippen molar-refractivity contribution in [1.82, 2.24) is 9.97 Å². The molecule has 0 amide bonds. The second-order valence-electron chi connectivity index (χ2n) is 3.77. The van der Waals surface area contributed by atoms with Gasteiger partial charge in [0.2, 0.25) is 5.95 Å². The number of thioether (sulfide) groups is 1. The maximum absolute atomic E-state index is 10.8. The van der Waals surface area contributed by atoms with Crippen LogP contribution in [0.2, 0.25) is 0 Å². The first-order chi connectivity index (χ1) is 10.5. The van der Waals surface area contributed by atoms with Crippen LogP contribution in [0.5, 0.6) is 0 Å². The molecule has 1 aromatic carbocycles. The number of non-ortho nitro benzene ring substituents is 1. The van der Waals surface area contributed by atoms with Crippen LogP contribution in [0, 0.1) is 30.9 Å². The number of benzene rings is 1. The third-order valence-electron chi connectivity index (χ3n) is 2.39. The van der Waals surface area contributed by atoms with E-state index in [1.807, 2.05) is 0 Å². The molecule has 0 saturated heterocycles. The molecule has 22 heavy (non-hydrogen) atoms. The number of aromatic nitrogens is 2. The molecule has 1 aromatic heterocycles. The van der Waals surface area contributed by atoms with Crippen LogP contribution in [0.25, 0.3) is 0 Å². The van der Waals surface area contributed by atoms with Crippen LogP contribution >= 0.6 is 11.8 Å². The van der Waals surface area contributed by atoms with Crippen molar-refractivity contribution in [2.24, 2.45) is 0 Å². The predicted molar refractivity (Wildman–Crippen MR) is 76.5 cm³/mol. The Labute approximate surface area is 127 Å². The van der Waals surface area contributed by atoms with Crippen molar-refractivity contribution in [2.45, 2.75) is 5.03 Å². The van der Waals surface area contributed by atoms with E-state index in [0.29, 0.717) is 17.4 Å². The SMILES string of the molecule is N#CSc1nc(Nc2cccc([N+](=O)[O-])c2)ncc1[N+](=O)[O-]. The van der Waals surface area contributed by atoms with Gasteiger partial charge in [0.05, 0.1) is 9.85 Å². The van der Waals surface area contributed by atoms with Gasteiger partial charge >= 0.3 is 5.69 Å². The predicted octanol–water partition coefficient (Wildman–Crippen LogP) is 2.61. The van der Waals surface area contributed by atoms with Crippen molar-refractivity contribution in [3.8, 4) is 5.40 Å². The topological polar surface area (TPSA) is 148 Å². The lowest BCUT2D eigenvalue weighted by Gasteiger charge is -2.05. The van der Waals surface area contributed by atoms with Gasteiger partial charge in [-0.15, -0.1) is 0 Å². The Hall–Kier alpha value is -3.26. The molecule has 0 saturated carbocycles. The van der Waals surface area contributed by atoms with E-state index in [2.05, 4.69) is 15.3 Å². The molecule has 0 unspecified atom stereocenters. The van der Waals surface area contributed by atoms with Crippen molar-refractivity contribution < 1.29 is 9.85 Å². The molecule has 0 aliphatic rings. The van der Waals surface area contributed by atoms with Gasteiger partial charge in [-0.2, -0.15) is 10.2 Å². The Morgan fingerprint density at radius 3 is 2.68 bits per heavy atom. The minimum atomic E-state index is -0.698. The number of rotatable bonds is 5. The number of nitrogens with one attached hydrogen (secondary N) is 1. The lowest BCUT2D eigenvalue weighted by atomic mass is 10.3. The van der Waals surface area contributed by atoms with Crippen molar-refractivity contribution in [3.05, 3.63) is 50.7 Å². The van der Waals surface area contributed by atoms with Gasteiger partial charge in [0.15, 0.2) is 5.03 Å². The van der Waals surface area contributed by atoms with Crippen molar-refractivity contribution in [3.63, 3.8) is 0 Å². The Balaban J connectivity index is 2.32. The minimum absolute atomic E-state index is 0.0103. The van der Waals surface area contributed by atoms with Gasteiger partial charge in [-0.25, -0.2) is 4.98 Å². The summed E-state index contributed by atoms with van der Waals surface area (Å²) in [6, 6.07) is 5.60. The summed E-state index contributed by atoms with van der Waals surface area (Å²) in [5.74, 6) is -0.0103. The lowest BCUT2D eigenvalue weighted by molar-refractivity contribution is -0.388. The first-order valence-electron chi connectivity index (χ1n) is 5.60. The van der Waals surface area contributed by atoms with Crippen LogP contribution in [0.15, 0.2) is 35.5 Å². The smallest absolute Gasteiger partial charge is 0.320 e. The summed E-state index contributed by atoms with van der Waals surface area (Å²) in [5, 5.41) is 34.4. The molecule has 10 nitrogen and oxygen atoms in total. The Morgan fingerprint density at radius 1 is 1.27 bits per heavy atom. The molecule has 0 aliphatic carbocycles. The van der Waals surface area contributed by atoms with Crippen molar-refractivity contribution in [2.75, 3.05) is 5.32 Å². The van der Waals surface area contributed by atoms with E-state index >= 15 is 0 Å². The molecule has 0 bridgehead atoms. The first-order valence-corrected chi connectivity index (χ1v) is 6.41. The number of thiocyanates is 1. The van der Waals surface area contributed by atoms with Gasteiger partial charge in [-0.3, -0.25) is 20.2 Å². The fraction of sp³-hybridized carbons (Fsp3) is 0. The van der Waals surface area contributed by atoms with Crippen LogP contribution in [-0.4, -0.2) is 19.8 Å². The maximum atomic E-state index is 10.8. The van der Waals surface area contributed by atoms with Crippen molar-refractivity contribution in [1.29, 1.82) is 5.26 Å². The Kier molecular flexibility index (Phi) is 4.44. The molecule has 0 spiro atoms. The van der Waals surface area contributed by atoms with Gasteiger partial charge < -0.3 is 5.32 Å². The number of nitrogens with zero attached hydrogens (tertiary/aromatic N) is 5. The molecule has 2 aromatic rings. The highest BCUT2D eigenvalue weighted by Gasteiger charge is 2.18. The zero-order chi connectivity index (χ0) is 16.1. The fourth-order valence-corrected chi connectivity index (χ4v) is 1.94. The van der Waals surface area contributed by atoms with Gasteiger partial charge in [0.1, 0.15) is 11.6 Å². The summed E-state index contributed by atoms with van der Waals surface area (Å²) in [6.45, 7) is 0. The summed E-state index contributed by atoms with van der Waals surface area (Å²) in [5.41, 5.74) is -0.175. The van der Waals surface area contributed by atoms with Crippen LogP contribution in [0.3, 0.4) is 0 Å². The zero-order valence-corrected chi connectivity index (χ0v) is 11.5. The molecule has 1 heterocycles. The number of anilines is 2. The number of hydrogen-bond donors (Lipinski definition) is 1. The molecule has 0 radical (unpaired) electrons. The molecule has 110 valence electrons. The molecule has 0 fully saturated rings. The summed E-state index contributed by atoms with van der Waals surface area (Å²) < 4.78 is 0. The summed E-state index contributed by atoms with van der Waals surface area (Å²) in [4.78, 5) is 27.9. The van der Waals surface area contributed by atoms with E-state index in [1.54, 1.807) is 11.5 Å². The maximum Gasteiger partial charge on any atom is 0.320 e. The molecular formula is C11H6N6O4S. The number of nitriles is 1. The second kappa shape index (κ2) is 6.46. The molecule has 11 heteroatoms. The van der Waals surface area contributed by atoms with Crippen LogP contribution in [0.1, 0.15) is 0 Å².